The molecule has 0 bridgehead atoms. The number of methoxy groups -OCH3 is 1. The lowest BCUT2D eigenvalue weighted by molar-refractivity contribution is -0.137. The highest BCUT2D eigenvalue weighted by Crippen LogP contribution is 2.38. The predicted molar refractivity (Wildman–Crippen MR) is 138 cm³/mol. The van der Waals surface area contributed by atoms with Gasteiger partial charge in [-0.15, -0.1) is 0 Å². The molecule has 200 valence electrons. The highest BCUT2D eigenvalue weighted by Gasteiger charge is 2.39. The van der Waals surface area contributed by atoms with E-state index in [4.69, 9.17) is 9.47 Å². The zero-order valence-corrected chi connectivity index (χ0v) is 21.2. The summed E-state index contributed by atoms with van der Waals surface area (Å²) in [6.45, 7) is 3.48. The normalized spacial score (nSPS) is 14.0. The first-order chi connectivity index (χ1) is 18.6. The second-order valence-corrected chi connectivity index (χ2v) is 9.16. The molecular weight excluding hydrogens is 513 g/mol. The molecule has 1 aliphatic heterocycles. The Morgan fingerprint density at radius 2 is 1.74 bits per heavy atom. The number of urea groups is 1. The van der Waals surface area contributed by atoms with E-state index in [1.807, 2.05) is 13.8 Å². The molecule has 0 N–H and O–H groups in total. The highest BCUT2D eigenvalue weighted by atomic mass is 19.4. The number of benzene rings is 2. The van der Waals surface area contributed by atoms with Crippen molar-refractivity contribution in [1.82, 2.24) is 9.97 Å². The highest BCUT2D eigenvalue weighted by molar-refractivity contribution is 6.27. The van der Waals surface area contributed by atoms with Crippen LogP contribution in [0.1, 0.15) is 30.9 Å². The van der Waals surface area contributed by atoms with Crippen molar-refractivity contribution in [2.45, 2.75) is 25.9 Å². The van der Waals surface area contributed by atoms with Crippen LogP contribution in [0.4, 0.5) is 29.3 Å². The van der Waals surface area contributed by atoms with Gasteiger partial charge >= 0.3 is 12.2 Å². The van der Waals surface area contributed by atoms with Gasteiger partial charge in [-0.2, -0.15) is 13.2 Å². The summed E-state index contributed by atoms with van der Waals surface area (Å²) >= 11 is 0. The number of rotatable bonds is 6. The minimum absolute atomic E-state index is 0.0118. The maximum atomic E-state index is 13.2. The molecule has 11 heteroatoms. The molecule has 8 nitrogen and oxygen atoms in total. The molecule has 2 aromatic heterocycles. The fraction of sp³-hybridized carbons (Fsp3) is 0.214. The van der Waals surface area contributed by atoms with E-state index in [1.54, 1.807) is 42.6 Å². The Kier molecular flexibility index (Phi) is 6.59. The zero-order chi connectivity index (χ0) is 27.9. The van der Waals surface area contributed by atoms with Crippen LogP contribution in [0.2, 0.25) is 0 Å². The van der Waals surface area contributed by atoms with Crippen molar-refractivity contribution in [3.8, 4) is 17.4 Å². The van der Waals surface area contributed by atoms with Crippen LogP contribution >= 0.6 is 0 Å². The Morgan fingerprint density at radius 1 is 0.949 bits per heavy atom. The number of anilines is 2. The summed E-state index contributed by atoms with van der Waals surface area (Å²) in [5.74, 6) is 0.702. The van der Waals surface area contributed by atoms with Crippen molar-refractivity contribution >= 4 is 34.3 Å². The zero-order valence-electron chi connectivity index (χ0n) is 21.2. The summed E-state index contributed by atoms with van der Waals surface area (Å²) in [6.07, 6.45) is -2.98. The number of halogens is 3. The summed E-state index contributed by atoms with van der Waals surface area (Å²) in [6, 6.07) is 13.6. The van der Waals surface area contributed by atoms with Crippen LogP contribution in [0.5, 0.6) is 17.4 Å². The van der Waals surface area contributed by atoms with Gasteiger partial charge in [0.25, 0.3) is 5.91 Å². The Hall–Kier alpha value is -4.67. The van der Waals surface area contributed by atoms with Gasteiger partial charge in [0.05, 0.1) is 23.9 Å². The van der Waals surface area contributed by atoms with E-state index in [2.05, 4.69) is 9.97 Å². The lowest BCUT2D eigenvalue weighted by Gasteiger charge is -2.21. The molecule has 1 fully saturated rings. The van der Waals surface area contributed by atoms with Crippen LogP contribution in [-0.2, 0) is 11.0 Å². The van der Waals surface area contributed by atoms with Gasteiger partial charge in [0.1, 0.15) is 17.8 Å². The van der Waals surface area contributed by atoms with E-state index >= 15 is 0 Å². The summed E-state index contributed by atoms with van der Waals surface area (Å²) in [5, 5.41) is 0. The van der Waals surface area contributed by atoms with Gasteiger partial charge in [-0.25, -0.2) is 14.7 Å². The summed E-state index contributed by atoms with van der Waals surface area (Å²) in [5.41, 5.74) is 1.19. The van der Waals surface area contributed by atoms with Crippen molar-refractivity contribution in [1.29, 1.82) is 0 Å². The van der Waals surface area contributed by atoms with E-state index in [1.165, 1.54) is 19.2 Å². The molecule has 4 aromatic rings. The molecule has 0 aliphatic carbocycles. The molecular formula is C28H23F3N4O4. The van der Waals surface area contributed by atoms with E-state index in [-0.39, 0.29) is 23.8 Å². The van der Waals surface area contributed by atoms with Gasteiger partial charge < -0.3 is 9.47 Å². The maximum Gasteiger partial charge on any atom is 0.416 e. The number of nitrogens with zero attached hydrogens (tertiary/aromatic N) is 4. The minimum atomic E-state index is -4.58. The van der Waals surface area contributed by atoms with E-state index in [9.17, 15) is 22.8 Å². The van der Waals surface area contributed by atoms with Gasteiger partial charge in [-0.1, -0.05) is 19.9 Å². The first kappa shape index (κ1) is 26.0. The molecule has 0 saturated carbocycles. The molecule has 39 heavy (non-hydrogen) atoms. The van der Waals surface area contributed by atoms with Gasteiger partial charge in [0.15, 0.2) is 5.75 Å². The molecule has 5 rings (SSSR count). The smallest absolute Gasteiger partial charge is 0.416 e. The van der Waals surface area contributed by atoms with Gasteiger partial charge in [0, 0.05) is 24.0 Å². The molecule has 2 aromatic carbocycles. The van der Waals surface area contributed by atoms with Gasteiger partial charge in [0.2, 0.25) is 5.88 Å². The van der Waals surface area contributed by atoms with Crippen LogP contribution in [0.15, 0.2) is 66.9 Å². The van der Waals surface area contributed by atoms with Crippen LogP contribution in [0, 0.1) is 0 Å². The second-order valence-electron chi connectivity index (χ2n) is 9.16. The lowest BCUT2D eigenvalue weighted by Crippen LogP contribution is -2.33. The third kappa shape index (κ3) is 4.95. The molecule has 1 aliphatic rings. The van der Waals surface area contributed by atoms with Crippen LogP contribution in [0.25, 0.3) is 11.0 Å². The minimum Gasteiger partial charge on any atom is -0.481 e. The predicted octanol–water partition coefficient (Wildman–Crippen LogP) is 6.55. The lowest BCUT2D eigenvalue weighted by atomic mass is 10.0. The third-order valence-corrected chi connectivity index (χ3v) is 6.27. The topological polar surface area (TPSA) is 84.9 Å². The fourth-order valence-corrected chi connectivity index (χ4v) is 4.32. The van der Waals surface area contributed by atoms with Crippen molar-refractivity contribution < 1.29 is 32.2 Å². The average molecular weight is 537 g/mol. The van der Waals surface area contributed by atoms with Gasteiger partial charge in [-0.3, -0.25) is 14.7 Å². The molecule has 0 unspecified atom stereocenters. The largest absolute Gasteiger partial charge is 0.481 e. The third-order valence-electron chi connectivity index (χ3n) is 6.27. The monoisotopic (exact) mass is 536 g/mol. The van der Waals surface area contributed by atoms with E-state index < -0.39 is 23.7 Å². The van der Waals surface area contributed by atoms with Crippen LogP contribution < -0.4 is 19.3 Å². The second kappa shape index (κ2) is 9.90. The first-order valence-corrected chi connectivity index (χ1v) is 12.0. The van der Waals surface area contributed by atoms with E-state index in [0.29, 0.717) is 34.0 Å². The maximum absolute atomic E-state index is 13.2. The average Bonchev–Trinajstić information content (AvgIpc) is 3.21. The number of fused-ring (bicyclic) bond motifs is 1. The Labute approximate surface area is 221 Å². The number of amides is 3. The van der Waals surface area contributed by atoms with Crippen molar-refractivity contribution in [2.24, 2.45) is 0 Å². The number of hydrogen-bond donors (Lipinski definition) is 0. The number of pyridine rings is 2. The number of hydrogen-bond acceptors (Lipinski definition) is 6. The molecule has 0 radical (unpaired) electrons. The van der Waals surface area contributed by atoms with E-state index in [0.717, 1.165) is 21.9 Å². The Bertz CT molecular complexity index is 1590. The fourth-order valence-electron chi connectivity index (χ4n) is 4.32. The molecule has 3 heterocycles. The SMILES string of the molecule is COc1ccc2nccc(Oc3ccc(N4C(=O)CN(c5cccc(C(F)(F)F)c5)C4=O)cc3C(C)C)c2n1. The quantitative estimate of drug-likeness (QED) is 0.260. The van der Waals surface area contributed by atoms with Crippen LogP contribution in [0.3, 0.4) is 0 Å². The summed E-state index contributed by atoms with van der Waals surface area (Å²) in [7, 11) is 1.51. The van der Waals surface area contributed by atoms with Crippen molar-refractivity contribution in [3.63, 3.8) is 0 Å². The molecule has 0 atom stereocenters. The van der Waals surface area contributed by atoms with Gasteiger partial charge in [-0.05, 0) is 53.9 Å². The number of imide groups is 1. The Balaban J connectivity index is 1.47. The standard InChI is InChI=1S/C28H23F3N4O4/c1-16(2)20-14-19(7-9-22(20)39-23-11-12-32-21-8-10-24(38-3)33-26(21)23)35-25(36)15-34(27(35)37)18-6-4-5-17(13-18)28(29,30)31/h4-14,16H,15H2,1-3H3. The number of carbonyl (C=O) groups excluding carboxylic acids is 2. The first-order valence-electron chi connectivity index (χ1n) is 12.0. The molecule has 1 saturated heterocycles. The van der Waals surface area contributed by atoms with Crippen LogP contribution in [-0.4, -0.2) is 35.6 Å². The number of ether oxygens (including phenoxy) is 2. The summed E-state index contributed by atoms with van der Waals surface area (Å²) in [4.78, 5) is 36.9. The molecule has 3 amide bonds. The number of aromatic nitrogens is 2. The summed E-state index contributed by atoms with van der Waals surface area (Å²) < 4.78 is 51.1. The number of carbonyl (C=O) groups is 2. The molecule has 0 spiro atoms. The van der Waals surface area contributed by atoms with Crippen molar-refractivity contribution in [2.75, 3.05) is 23.5 Å². The Morgan fingerprint density at radius 3 is 2.46 bits per heavy atom. The van der Waals surface area contributed by atoms with Crippen molar-refractivity contribution in [3.05, 3.63) is 78.0 Å². The number of alkyl halides is 3.